The number of hydrogen-bond donors (Lipinski definition) is 0. The van der Waals surface area contributed by atoms with E-state index in [1.165, 1.54) is 0 Å². The Bertz CT molecular complexity index is 1080. The van der Waals surface area contributed by atoms with Gasteiger partial charge >= 0.3 is 0 Å². The molecule has 0 saturated carbocycles. The first kappa shape index (κ1) is 18.5. The van der Waals surface area contributed by atoms with Crippen molar-refractivity contribution >= 4 is 11.6 Å². The summed E-state index contributed by atoms with van der Waals surface area (Å²) in [6, 6.07) is 17.7. The number of para-hydroxylation sites is 1. The molecule has 1 amide bonds. The number of benzene rings is 1. The van der Waals surface area contributed by atoms with Gasteiger partial charge in [-0.3, -0.25) is 4.79 Å². The second-order valence-electron chi connectivity index (χ2n) is 7.71. The average Bonchev–Trinajstić information content (AvgIpc) is 3.45. The highest BCUT2D eigenvalue weighted by Gasteiger charge is 2.50. The molecule has 0 bridgehead atoms. The normalized spacial score (nSPS) is 19.5. The molecule has 0 aliphatic carbocycles. The van der Waals surface area contributed by atoms with Crippen LogP contribution in [0.2, 0.25) is 0 Å². The van der Waals surface area contributed by atoms with Crippen LogP contribution in [0.3, 0.4) is 0 Å². The third-order valence-electron chi connectivity index (χ3n) is 6.04. The van der Waals surface area contributed by atoms with Crippen LogP contribution in [0.1, 0.15) is 12.1 Å². The summed E-state index contributed by atoms with van der Waals surface area (Å²) in [7, 11) is 0. The Morgan fingerprint density at radius 1 is 1.17 bits per heavy atom. The number of aromatic nitrogens is 2. The molecule has 1 spiro atoms. The van der Waals surface area contributed by atoms with Crippen LogP contribution in [0, 0.1) is 0 Å². The second-order valence-corrected chi connectivity index (χ2v) is 7.71. The lowest BCUT2D eigenvalue weighted by molar-refractivity contribution is -0.132. The highest BCUT2D eigenvalue weighted by atomic mass is 16.5. The van der Waals surface area contributed by atoms with Crippen molar-refractivity contribution in [2.75, 3.05) is 31.1 Å². The first-order valence-corrected chi connectivity index (χ1v) is 10.2. The first-order valence-electron chi connectivity index (χ1n) is 10.2. The van der Waals surface area contributed by atoms with Gasteiger partial charge in [0.15, 0.2) is 12.4 Å². The molecule has 3 aromatic rings. The van der Waals surface area contributed by atoms with Gasteiger partial charge in [0, 0.05) is 32.0 Å². The van der Waals surface area contributed by atoms with E-state index in [2.05, 4.69) is 45.4 Å². The Hall–Kier alpha value is -3.54. The van der Waals surface area contributed by atoms with Crippen LogP contribution in [0.25, 0.3) is 5.82 Å². The van der Waals surface area contributed by atoms with Crippen molar-refractivity contribution in [2.45, 2.75) is 12.0 Å². The lowest BCUT2D eigenvalue weighted by Gasteiger charge is -2.46. The molecule has 5 rings (SSSR count). The lowest BCUT2D eigenvalue weighted by atomic mass is 9.89. The molecule has 1 saturated heterocycles. The summed E-state index contributed by atoms with van der Waals surface area (Å²) in [5.41, 5.74) is 1.92. The topological polar surface area (TPSA) is 50.6 Å². The maximum atomic E-state index is 12.9. The number of nitrogens with zero attached hydrogens (tertiary/aromatic N) is 4. The molecular formula is C24H24N4O2. The van der Waals surface area contributed by atoms with E-state index >= 15 is 0 Å². The van der Waals surface area contributed by atoms with Crippen molar-refractivity contribution in [1.82, 2.24) is 14.5 Å². The van der Waals surface area contributed by atoms with E-state index in [0.29, 0.717) is 25.4 Å². The standard InChI is InChI=1S/C24H24N4O2/c1-2-14-28-20-10-6-13-25-23(20)27-15-7-11-21(27)24(28)12-16-26(18-24)22(29)17-30-19-8-4-3-5-9-19/h2-11,13,15H,1,12,14,16-18H2. The van der Waals surface area contributed by atoms with Crippen LogP contribution in [-0.2, 0) is 10.3 Å². The number of anilines is 1. The smallest absolute Gasteiger partial charge is 0.260 e. The molecule has 1 atom stereocenters. The molecule has 2 aromatic heterocycles. The number of pyridine rings is 1. The van der Waals surface area contributed by atoms with Gasteiger partial charge < -0.3 is 19.1 Å². The van der Waals surface area contributed by atoms with E-state index in [-0.39, 0.29) is 18.1 Å². The van der Waals surface area contributed by atoms with Gasteiger partial charge in [-0.05, 0) is 42.8 Å². The zero-order valence-electron chi connectivity index (χ0n) is 16.8. The molecule has 152 valence electrons. The molecule has 0 radical (unpaired) electrons. The quantitative estimate of drug-likeness (QED) is 0.616. The summed E-state index contributed by atoms with van der Waals surface area (Å²) in [5.74, 6) is 1.63. The maximum Gasteiger partial charge on any atom is 0.260 e. The fourth-order valence-corrected chi connectivity index (χ4v) is 4.69. The average molecular weight is 400 g/mol. The predicted molar refractivity (Wildman–Crippen MR) is 116 cm³/mol. The number of amides is 1. The van der Waals surface area contributed by atoms with E-state index in [9.17, 15) is 4.79 Å². The number of fused-ring (bicyclic) bond motifs is 4. The Balaban J connectivity index is 1.44. The fraction of sp³-hybridized carbons (Fsp3) is 0.250. The molecule has 6 heteroatoms. The van der Waals surface area contributed by atoms with Gasteiger partial charge in [0.1, 0.15) is 11.3 Å². The van der Waals surface area contributed by atoms with E-state index in [1.54, 1.807) is 0 Å². The zero-order valence-corrected chi connectivity index (χ0v) is 16.8. The Morgan fingerprint density at radius 3 is 2.87 bits per heavy atom. The van der Waals surface area contributed by atoms with Gasteiger partial charge in [0.2, 0.25) is 0 Å². The van der Waals surface area contributed by atoms with Crippen LogP contribution in [0.4, 0.5) is 5.69 Å². The Kier molecular flexibility index (Phi) is 4.54. The first-order chi connectivity index (χ1) is 14.7. The van der Waals surface area contributed by atoms with E-state index in [0.717, 1.165) is 23.6 Å². The lowest BCUT2D eigenvalue weighted by Crippen LogP contribution is -2.53. The monoisotopic (exact) mass is 400 g/mol. The third-order valence-corrected chi connectivity index (χ3v) is 6.04. The summed E-state index contributed by atoms with van der Waals surface area (Å²) >= 11 is 0. The molecule has 2 aliphatic rings. The maximum absolute atomic E-state index is 12.9. The molecule has 1 fully saturated rings. The molecular weight excluding hydrogens is 376 g/mol. The van der Waals surface area contributed by atoms with Gasteiger partial charge in [-0.15, -0.1) is 6.58 Å². The highest BCUT2D eigenvalue weighted by Crippen LogP contribution is 2.46. The van der Waals surface area contributed by atoms with Crippen molar-refractivity contribution in [2.24, 2.45) is 0 Å². The van der Waals surface area contributed by atoms with Gasteiger partial charge in [-0.25, -0.2) is 4.98 Å². The number of rotatable bonds is 5. The van der Waals surface area contributed by atoms with Gasteiger partial charge in [0.25, 0.3) is 5.91 Å². The van der Waals surface area contributed by atoms with Crippen LogP contribution in [0.5, 0.6) is 5.75 Å². The van der Waals surface area contributed by atoms with E-state index in [4.69, 9.17) is 4.74 Å². The van der Waals surface area contributed by atoms with Crippen molar-refractivity contribution in [1.29, 1.82) is 0 Å². The molecule has 2 aliphatic heterocycles. The second kappa shape index (κ2) is 7.37. The number of hydrogen-bond acceptors (Lipinski definition) is 4. The van der Waals surface area contributed by atoms with Crippen LogP contribution < -0.4 is 9.64 Å². The minimum absolute atomic E-state index is 0.00405. The minimum atomic E-state index is -0.309. The highest BCUT2D eigenvalue weighted by molar-refractivity contribution is 5.79. The van der Waals surface area contributed by atoms with Gasteiger partial charge in [0.05, 0.1) is 11.4 Å². The molecule has 6 nitrogen and oxygen atoms in total. The third kappa shape index (κ3) is 2.87. The minimum Gasteiger partial charge on any atom is -0.484 e. The number of likely N-dealkylation sites (tertiary alicyclic amines) is 1. The largest absolute Gasteiger partial charge is 0.484 e. The number of carbonyl (C=O) groups is 1. The van der Waals surface area contributed by atoms with E-state index in [1.807, 2.05) is 53.6 Å². The molecule has 30 heavy (non-hydrogen) atoms. The molecule has 0 N–H and O–H groups in total. The number of carbonyl (C=O) groups excluding carboxylic acids is 1. The molecule has 1 unspecified atom stereocenters. The van der Waals surface area contributed by atoms with E-state index < -0.39 is 0 Å². The summed E-state index contributed by atoms with van der Waals surface area (Å²) in [6.45, 7) is 6.00. The van der Waals surface area contributed by atoms with Crippen molar-refractivity contribution < 1.29 is 9.53 Å². The molecule has 4 heterocycles. The summed E-state index contributed by atoms with van der Waals surface area (Å²) < 4.78 is 7.86. The Labute approximate surface area is 176 Å². The zero-order chi connectivity index (χ0) is 20.6. The predicted octanol–water partition coefficient (Wildman–Crippen LogP) is 3.38. The van der Waals surface area contributed by atoms with Crippen LogP contribution in [-0.4, -0.2) is 46.6 Å². The number of ether oxygens (including phenoxy) is 1. The molecule has 1 aromatic carbocycles. The fourth-order valence-electron chi connectivity index (χ4n) is 4.69. The van der Waals surface area contributed by atoms with Crippen LogP contribution >= 0.6 is 0 Å². The summed E-state index contributed by atoms with van der Waals surface area (Å²) in [6.07, 6.45) is 6.63. The Morgan fingerprint density at radius 2 is 2.03 bits per heavy atom. The van der Waals surface area contributed by atoms with Gasteiger partial charge in [-0.1, -0.05) is 24.3 Å². The van der Waals surface area contributed by atoms with Crippen molar-refractivity contribution in [3.8, 4) is 11.6 Å². The van der Waals surface area contributed by atoms with Crippen molar-refractivity contribution in [3.05, 3.63) is 85.3 Å². The summed E-state index contributed by atoms with van der Waals surface area (Å²) in [5, 5.41) is 0. The SMILES string of the molecule is C=CCN1c2cccnc2-n2cccc2C12CCN(C(=O)COc1ccccc1)C2. The van der Waals surface area contributed by atoms with Crippen molar-refractivity contribution in [3.63, 3.8) is 0 Å². The van der Waals surface area contributed by atoms with Crippen LogP contribution in [0.15, 0.2) is 79.6 Å². The van der Waals surface area contributed by atoms with Gasteiger partial charge in [-0.2, -0.15) is 0 Å². The summed E-state index contributed by atoms with van der Waals surface area (Å²) in [4.78, 5) is 21.8.